The van der Waals surface area contributed by atoms with Gasteiger partial charge in [0.1, 0.15) is 10.6 Å². The van der Waals surface area contributed by atoms with Crippen LogP contribution in [-0.4, -0.2) is 43.5 Å². The summed E-state index contributed by atoms with van der Waals surface area (Å²) >= 11 is 6.01. The van der Waals surface area contributed by atoms with Gasteiger partial charge in [-0.05, 0) is 42.9 Å². The number of hydrogen-bond donors (Lipinski definition) is 1. The summed E-state index contributed by atoms with van der Waals surface area (Å²) in [5, 5.41) is 9.55. The Balaban J connectivity index is 1.85. The number of halogens is 1. The smallest absolute Gasteiger partial charge is 0.308 e. The van der Waals surface area contributed by atoms with E-state index in [1.807, 2.05) is 0 Å². The Morgan fingerprint density at radius 3 is 2.64 bits per heavy atom. The molecular formula is C17H22ClNO5S. The molecule has 1 N–H and O–H groups in total. The first-order valence-electron chi connectivity index (χ1n) is 8.44. The number of hydrogen-bond acceptors (Lipinski definition) is 4. The van der Waals surface area contributed by atoms with E-state index in [0.717, 1.165) is 12.8 Å². The molecule has 1 aliphatic heterocycles. The number of benzene rings is 1. The van der Waals surface area contributed by atoms with Gasteiger partial charge >= 0.3 is 5.97 Å². The van der Waals surface area contributed by atoms with Crippen molar-refractivity contribution in [1.29, 1.82) is 0 Å². The summed E-state index contributed by atoms with van der Waals surface area (Å²) in [4.78, 5) is 11.3. The number of rotatable bonds is 6. The number of carboxylic acids is 1. The van der Waals surface area contributed by atoms with Crippen LogP contribution in [0, 0.1) is 17.8 Å². The normalized spacial score (nSPS) is 24.9. The molecule has 0 spiro atoms. The third kappa shape index (κ3) is 3.78. The molecule has 1 aliphatic carbocycles. The lowest BCUT2D eigenvalue weighted by molar-refractivity contribution is -0.142. The molecule has 6 nitrogen and oxygen atoms in total. The first kappa shape index (κ1) is 18.5. The van der Waals surface area contributed by atoms with Crippen molar-refractivity contribution in [3.05, 3.63) is 23.2 Å². The number of aliphatic carboxylic acids is 1. The largest absolute Gasteiger partial charge is 0.492 e. The summed E-state index contributed by atoms with van der Waals surface area (Å²) in [6, 6.07) is 4.55. The van der Waals surface area contributed by atoms with Crippen molar-refractivity contribution in [2.24, 2.45) is 17.8 Å². The number of ether oxygens (including phenoxy) is 1. The molecule has 0 aromatic heterocycles. The SMILES string of the molecule is C[C@@H]1CN(S(=O)(=O)c2cc(Cl)ccc2OCC2CCC2)C[C@H]1C(=O)O. The molecule has 0 radical (unpaired) electrons. The second kappa shape index (κ2) is 7.13. The van der Waals surface area contributed by atoms with Crippen molar-refractivity contribution in [2.45, 2.75) is 31.1 Å². The molecule has 2 aliphatic rings. The maximum absolute atomic E-state index is 13.0. The van der Waals surface area contributed by atoms with Crippen molar-refractivity contribution in [3.8, 4) is 5.75 Å². The molecule has 25 heavy (non-hydrogen) atoms. The Morgan fingerprint density at radius 2 is 2.08 bits per heavy atom. The lowest BCUT2D eigenvalue weighted by atomic mass is 9.86. The molecule has 0 unspecified atom stereocenters. The summed E-state index contributed by atoms with van der Waals surface area (Å²) in [6.45, 7) is 2.37. The third-order valence-electron chi connectivity index (χ3n) is 5.12. The van der Waals surface area contributed by atoms with Crippen LogP contribution in [0.15, 0.2) is 23.1 Å². The molecule has 2 atom stereocenters. The van der Waals surface area contributed by atoms with E-state index in [1.165, 1.54) is 16.8 Å². The Hall–Kier alpha value is -1.31. The molecule has 2 fully saturated rings. The van der Waals surface area contributed by atoms with Gasteiger partial charge in [0.25, 0.3) is 0 Å². The minimum Gasteiger partial charge on any atom is -0.492 e. The minimum absolute atomic E-state index is 0.0116. The van der Waals surface area contributed by atoms with E-state index in [2.05, 4.69) is 0 Å². The van der Waals surface area contributed by atoms with Crippen molar-refractivity contribution in [1.82, 2.24) is 4.31 Å². The van der Waals surface area contributed by atoms with Crippen molar-refractivity contribution >= 4 is 27.6 Å². The molecule has 3 rings (SSSR count). The second-order valence-electron chi connectivity index (χ2n) is 6.94. The van der Waals surface area contributed by atoms with Crippen LogP contribution in [0.1, 0.15) is 26.2 Å². The van der Waals surface area contributed by atoms with Crippen LogP contribution in [-0.2, 0) is 14.8 Å². The molecule has 0 amide bonds. The van der Waals surface area contributed by atoms with Crippen LogP contribution in [0.3, 0.4) is 0 Å². The highest BCUT2D eigenvalue weighted by Crippen LogP contribution is 2.35. The number of sulfonamides is 1. The number of nitrogens with zero attached hydrogens (tertiary/aromatic N) is 1. The van der Waals surface area contributed by atoms with Crippen LogP contribution in [0.25, 0.3) is 0 Å². The van der Waals surface area contributed by atoms with Gasteiger partial charge in [-0.25, -0.2) is 8.42 Å². The lowest BCUT2D eigenvalue weighted by Crippen LogP contribution is -2.30. The van der Waals surface area contributed by atoms with Gasteiger partial charge in [-0.3, -0.25) is 4.79 Å². The summed E-state index contributed by atoms with van der Waals surface area (Å²) in [5.41, 5.74) is 0. The summed E-state index contributed by atoms with van der Waals surface area (Å²) in [6.07, 6.45) is 3.38. The van der Waals surface area contributed by atoms with Gasteiger partial charge in [0.2, 0.25) is 10.0 Å². The zero-order valence-electron chi connectivity index (χ0n) is 14.0. The topological polar surface area (TPSA) is 83.9 Å². The molecule has 0 bridgehead atoms. The van der Waals surface area contributed by atoms with E-state index in [0.29, 0.717) is 17.5 Å². The first-order valence-corrected chi connectivity index (χ1v) is 10.3. The van der Waals surface area contributed by atoms with Crippen LogP contribution in [0.5, 0.6) is 5.75 Å². The summed E-state index contributed by atoms with van der Waals surface area (Å²) in [5.74, 6) is -1.17. The maximum atomic E-state index is 13.0. The van der Waals surface area contributed by atoms with Crippen LogP contribution < -0.4 is 4.74 Å². The first-order chi connectivity index (χ1) is 11.8. The second-order valence-corrected chi connectivity index (χ2v) is 9.29. The van der Waals surface area contributed by atoms with Crippen molar-refractivity contribution in [3.63, 3.8) is 0 Å². The third-order valence-corrected chi connectivity index (χ3v) is 7.21. The molecule has 1 saturated heterocycles. The van der Waals surface area contributed by atoms with Gasteiger partial charge in [0, 0.05) is 18.1 Å². The van der Waals surface area contributed by atoms with E-state index < -0.39 is 21.9 Å². The highest BCUT2D eigenvalue weighted by atomic mass is 35.5. The monoisotopic (exact) mass is 387 g/mol. The van der Waals surface area contributed by atoms with Crippen LogP contribution in [0.4, 0.5) is 0 Å². The number of carboxylic acid groups (broad SMARTS) is 1. The van der Waals surface area contributed by atoms with Crippen LogP contribution >= 0.6 is 11.6 Å². The van der Waals surface area contributed by atoms with Crippen LogP contribution in [0.2, 0.25) is 5.02 Å². The number of carbonyl (C=O) groups is 1. The highest BCUT2D eigenvalue weighted by Gasteiger charge is 2.41. The van der Waals surface area contributed by atoms with Gasteiger partial charge in [-0.15, -0.1) is 0 Å². The molecule has 1 saturated carbocycles. The zero-order valence-corrected chi connectivity index (χ0v) is 15.6. The quantitative estimate of drug-likeness (QED) is 0.811. The molecular weight excluding hydrogens is 366 g/mol. The summed E-state index contributed by atoms with van der Waals surface area (Å²) in [7, 11) is -3.87. The fourth-order valence-electron chi connectivity index (χ4n) is 3.25. The lowest BCUT2D eigenvalue weighted by Gasteiger charge is -2.26. The average molecular weight is 388 g/mol. The predicted octanol–water partition coefficient (Wildman–Crippen LogP) is 2.86. The van der Waals surface area contributed by atoms with Crippen molar-refractivity contribution < 1.29 is 23.1 Å². The Labute approximate surface area is 152 Å². The molecule has 8 heteroatoms. The van der Waals surface area contributed by atoms with E-state index in [1.54, 1.807) is 19.1 Å². The van der Waals surface area contributed by atoms with E-state index in [9.17, 15) is 18.3 Å². The summed E-state index contributed by atoms with van der Waals surface area (Å²) < 4.78 is 33.1. The fraction of sp³-hybridized carbons (Fsp3) is 0.588. The van der Waals surface area contributed by atoms with Gasteiger partial charge in [-0.2, -0.15) is 4.31 Å². The molecule has 1 aromatic carbocycles. The van der Waals surface area contributed by atoms with Gasteiger partial charge < -0.3 is 9.84 Å². The van der Waals surface area contributed by atoms with E-state index in [4.69, 9.17) is 16.3 Å². The van der Waals surface area contributed by atoms with Gasteiger partial charge in [-0.1, -0.05) is 24.9 Å². The van der Waals surface area contributed by atoms with Gasteiger partial charge in [0.15, 0.2) is 0 Å². The van der Waals surface area contributed by atoms with Crippen molar-refractivity contribution in [2.75, 3.05) is 19.7 Å². The minimum atomic E-state index is -3.87. The Kier molecular flexibility index (Phi) is 5.27. The van der Waals surface area contributed by atoms with E-state index in [-0.39, 0.29) is 29.7 Å². The maximum Gasteiger partial charge on any atom is 0.308 e. The Bertz CT molecular complexity index is 762. The van der Waals surface area contributed by atoms with Gasteiger partial charge in [0.05, 0.1) is 12.5 Å². The highest BCUT2D eigenvalue weighted by molar-refractivity contribution is 7.89. The Morgan fingerprint density at radius 1 is 1.36 bits per heavy atom. The molecule has 1 aromatic rings. The molecule has 1 heterocycles. The fourth-order valence-corrected chi connectivity index (χ4v) is 5.21. The standard InChI is InChI=1S/C17H22ClNO5S/c1-11-8-19(9-14(11)17(20)21)25(22,23)16-7-13(18)5-6-15(16)24-10-12-3-2-4-12/h5-7,11-12,14H,2-4,8-10H2,1H3,(H,20,21)/t11-,14-/m1/s1. The van der Waals surface area contributed by atoms with E-state index >= 15 is 0 Å². The predicted molar refractivity (Wildman–Crippen MR) is 93.3 cm³/mol. The molecule has 138 valence electrons. The zero-order chi connectivity index (χ0) is 18.2. The average Bonchev–Trinajstić information content (AvgIpc) is 2.90.